The average molecular weight is 389 g/mol. The molecule has 2 heterocycles. The molecular formula is C15H14Cl2N2O6. The van der Waals surface area contributed by atoms with Crippen molar-refractivity contribution in [2.45, 2.75) is 19.1 Å². The Bertz CT molecular complexity index is 810. The first-order valence-electron chi connectivity index (χ1n) is 7.09. The van der Waals surface area contributed by atoms with E-state index in [-0.39, 0.29) is 33.8 Å². The number of carbonyl (C=O) groups is 1. The molecule has 8 nitrogen and oxygen atoms in total. The van der Waals surface area contributed by atoms with E-state index in [0.29, 0.717) is 5.69 Å². The van der Waals surface area contributed by atoms with Gasteiger partial charge in [0.25, 0.3) is 0 Å². The summed E-state index contributed by atoms with van der Waals surface area (Å²) in [6, 6.07) is 3.08. The molecule has 2 aromatic rings. The minimum atomic E-state index is -1.28. The lowest BCUT2D eigenvalue weighted by atomic mass is 10.1. The summed E-state index contributed by atoms with van der Waals surface area (Å²) >= 11 is 12.5. The molecule has 1 aliphatic rings. The molecule has 0 aliphatic carbocycles. The number of methoxy groups -OCH3 is 2. The molecule has 0 fully saturated rings. The lowest BCUT2D eigenvalue weighted by Gasteiger charge is -2.16. The van der Waals surface area contributed by atoms with E-state index in [1.165, 1.54) is 31.2 Å². The highest BCUT2D eigenvalue weighted by molar-refractivity contribution is 6.43. The Morgan fingerprint density at radius 2 is 2.16 bits per heavy atom. The van der Waals surface area contributed by atoms with Crippen LogP contribution in [0.4, 0.5) is 0 Å². The minimum absolute atomic E-state index is 0.0254. The van der Waals surface area contributed by atoms with Crippen molar-refractivity contribution >= 4 is 29.2 Å². The number of carbonyl (C=O) groups excluding carboxylic acids is 1. The van der Waals surface area contributed by atoms with E-state index < -0.39 is 18.4 Å². The largest absolute Gasteiger partial charge is 0.463 e. The predicted molar refractivity (Wildman–Crippen MR) is 86.8 cm³/mol. The molecule has 2 atom stereocenters. The first-order valence-corrected chi connectivity index (χ1v) is 7.85. The molecule has 10 heteroatoms. The molecule has 0 amide bonds. The predicted octanol–water partition coefficient (Wildman–Crippen LogP) is 2.15. The molecule has 1 aromatic carbocycles. The maximum absolute atomic E-state index is 11.6. The van der Waals surface area contributed by atoms with E-state index in [1.54, 1.807) is 6.07 Å². The fourth-order valence-electron chi connectivity index (χ4n) is 2.40. The zero-order valence-electron chi connectivity index (χ0n) is 13.2. The zero-order valence-corrected chi connectivity index (χ0v) is 14.7. The van der Waals surface area contributed by atoms with Crippen LogP contribution in [0.1, 0.15) is 17.4 Å². The maximum Gasteiger partial charge on any atom is 0.389 e. The van der Waals surface area contributed by atoms with Gasteiger partial charge >= 0.3 is 12.3 Å². The number of nitrogens with zero attached hydrogens (tertiary/aromatic N) is 2. The summed E-state index contributed by atoms with van der Waals surface area (Å²) in [5.41, 5.74) is 0.723. The Kier molecular flexibility index (Phi) is 5.05. The van der Waals surface area contributed by atoms with Crippen molar-refractivity contribution in [1.29, 1.82) is 0 Å². The van der Waals surface area contributed by atoms with Crippen LogP contribution in [0.15, 0.2) is 18.3 Å². The summed E-state index contributed by atoms with van der Waals surface area (Å²) in [6.07, 6.45) is -0.901. The molecule has 25 heavy (non-hydrogen) atoms. The summed E-state index contributed by atoms with van der Waals surface area (Å²) in [7, 11) is 2.72. The third-order valence-corrected chi connectivity index (χ3v) is 4.45. The molecule has 3 rings (SSSR count). The van der Waals surface area contributed by atoms with Crippen molar-refractivity contribution in [1.82, 2.24) is 9.78 Å². The zero-order chi connectivity index (χ0) is 18.1. The van der Waals surface area contributed by atoms with E-state index in [2.05, 4.69) is 9.84 Å². The van der Waals surface area contributed by atoms with Crippen molar-refractivity contribution in [2.24, 2.45) is 0 Å². The van der Waals surface area contributed by atoms with Gasteiger partial charge < -0.3 is 24.1 Å². The van der Waals surface area contributed by atoms with Gasteiger partial charge in [0, 0.05) is 18.9 Å². The van der Waals surface area contributed by atoms with Crippen LogP contribution in [-0.4, -0.2) is 41.4 Å². The van der Waals surface area contributed by atoms with E-state index in [0.717, 1.165) is 0 Å². The third kappa shape index (κ3) is 3.13. The van der Waals surface area contributed by atoms with Crippen LogP contribution in [0.5, 0.6) is 11.5 Å². The molecule has 2 unspecified atom stereocenters. The molecule has 1 N–H and O–H groups in total. The molecule has 0 saturated carbocycles. The van der Waals surface area contributed by atoms with Gasteiger partial charge in [-0.3, -0.25) is 0 Å². The number of aromatic nitrogens is 2. The number of aliphatic hydroxyl groups is 1. The Balaban J connectivity index is 1.98. The first-order chi connectivity index (χ1) is 12.0. The van der Waals surface area contributed by atoms with Crippen molar-refractivity contribution in [2.75, 3.05) is 14.2 Å². The van der Waals surface area contributed by atoms with Crippen LogP contribution in [0.25, 0.3) is 0 Å². The normalized spacial score (nSPS) is 16.8. The number of ether oxygens (including phenoxy) is 4. The number of hydrogen-bond donors (Lipinski definition) is 1. The van der Waals surface area contributed by atoms with E-state index >= 15 is 0 Å². The molecular weight excluding hydrogens is 375 g/mol. The third-order valence-electron chi connectivity index (χ3n) is 3.58. The summed E-state index contributed by atoms with van der Waals surface area (Å²) < 4.78 is 21.8. The molecule has 134 valence electrons. The van der Waals surface area contributed by atoms with Crippen molar-refractivity contribution < 1.29 is 28.8 Å². The number of hydrogen-bond acceptors (Lipinski definition) is 7. The van der Waals surface area contributed by atoms with Gasteiger partial charge in [0.15, 0.2) is 11.5 Å². The van der Waals surface area contributed by atoms with Crippen LogP contribution in [0.3, 0.4) is 0 Å². The quantitative estimate of drug-likeness (QED) is 0.784. The Hall–Kier alpha value is -2.00. The van der Waals surface area contributed by atoms with E-state index in [4.69, 9.17) is 37.4 Å². The van der Waals surface area contributed by atoms with Gasteiger partial charge in [0.1, 0.15) is 17.9 Å². The van der Waals surface area contributed by atoms with E-state index in [9.17, 15) is 9.90 Å². The molecule has 1 aromatic heterocycles. The van der Waals surface area contributed by atoms with Crippen molar-refractivity contribution in [3.05, 3.63) is 39.6 Å². The summed E-state index contributed by atoms with van der Waals surface area (Å²) in [5.74, 6) is -0.427. The molecule has 0 bridgehead atoms. The highest BCUT2D eigenvalue weighted by Crippen LogP contribution is 2.48. The Morgan fingerprint density at radius 1 is 1.40 bits per heavy atom. The van der Waals surface area contributed by atoms with Gasteiger partial charge in [0.2, 0.25) is 0 Å². The number of benzene rings is 1. The number of aliphatic hydroxyl groups excluding tert-OH is 1. The lowest BCUT2D eigenvalue weighted by molar-refractivity contribution is -0.158. The van der Waals surface area contributed by atoms with Crippen LogP contribution < -0.4 is 9.47 Å². The monoisotopic (exact) mass is 388 g/mol. The highest BCUT2D eigenvalue weighted by Gasteiger charge is 2.36. The van der Waals surface area contributed by atoms with Gasteiger partial charge in [-0.05, 0) is 12.1 Å². The second kappa shape index (κ2) is 7.09. The number of esters is 1. The molecule has 0 radical (unpaired) electrons. The fourth-order valence-corrected chi connectivity index (χ4v) is 2.90. The highest BCUT2D eigenvalue weighted by atomic mass is 35.5. The van der Waals surface area contributed by atoms with Crippen LogP contribution in [0.2, 0.25) is 10.0 Å². The molecule has 0 saturated heterocycles. The van der Waals surface area contributed by atoms with Gasteiger partial charge in [-0.15, -0.1) is 0 Å². The van der Waals surface area contributed by atoms with Crippen molar-refractivity contribution in [3.63, 3.8) is 0 Å². The maximum atomic E-state index is 11.6. The average Bonchev–Trinajstić information content (AvgIpc) is 3.24. The second-order valence-electron chi connectivity index (χ2n) is 5.09. The summed E-state index contributed by atoms with van der Waals surface area (Å²) in [5, 5.41) is 14.9. The summed E-state index contributed by atoms with van der Waals surface area (Å²) in [6.45, 7) is 0.152. The standard InChI is InChI=1S/C15H14Cl2N2O6/c1-22-6-19-8(3-4-18-19)12(20)7-5-9-13(11(17)10(7)16)25-15(24-9)14(21)23-2/h3-5,12,15,20H,6H2,1-2H3. The van der Waals surface area contributed by atoms with E-state index in [1.807, 2.05) is 0 Å². The Morgan fingerprint density at radius 3 is 2.84 bits per heavy atom. The Labute approximate surface area is 152 Å². The SMILES string of the molecule is COCn1nccc1C(O)c1cc2c(c(Cl)c1Cl)OC(C(=O)OC)O2. The van der Waals surface area contributed by atoms with Crippen LogP contribution >= 0.6 is 23.2 Å². The van der Waals surface area contributed by atoms with Gasteiger partial charge in [-0.1, -0.05) is 23.2 Å². The number of rotatable bonds is 5. The smallest absolute Gasteiger partial charge is 0.389 e. The van der Waals surface area contributed by atoms with Crippen LogP contribution in [0, 0.1) is 0 Å². The van der Waals surface area contributed by atoms with Gasteiger partial charge in [0.05, 0.1) is 17.8 Å². The molecule has 1 aliphatic heterocycles. The topological polar surface area (TPSA) is 92.0 Å². The second-order valence-corrected chi connectivity index (χ2v) is 5.84. The lowest BCUT2D eigenvalue weighted by Crippen LogP contribution is -2.30. The van der Waals surface area contributed by atoms with Crippen molar-refractivity contribution in [3.8, 4) is 11.5 Å². The van der Waals surface area contributed by atoms with Gasteiger partial charge in [-0.2, -0.15) is 5.10 Å². The number of fused-ring (bicyclic) bond motifs is 1. The molecule has 0 spiro atoms. The van der Waals surface area contributed by atoms with Gasteiger partial charge in [-0.25, -0.2) is 9.48 Å². The first kappa shape index (κ1) is 17.8. The summed E-state index contributed by atoms with van der Waals surface area (Å²) in [4.78, 5) is 11.6. The fraction of sp³-hybridized carbons (Fsp3) is 0.333. The van der Waals surface area contributed by atoms with Crippen LogP contribution in [-0.2, 0) is 21.0 Å². The minimum Gasteiger partial charge on any atom is -0.463 e. The number of halogens is 2.